The van der Waals surface area contributed by atoms with Gasteiger partial charge in [0.1, 0.15) is 11.3 Å². The lowest BCUT2D eigenvalue weighted by atomic mass is 9.93. The molecule has 33 heavy (non-hydrogen) atoms. The SMILES string of the molecule is COc1ccc(C(NC(=O)C2CCN(c3nc4ccccc4o3)CC2)c2ccccc2)cc1. The molecule has 6 nitrogen and oxygen atoms in total. The highest BCUT2D eigenvalue weighted by Gasteiger charge is 2.29. The van der Waals surface area contributed by atoms with Gasteiger partial charge in [0.05, 0.1) is 13.2 Å². The van der Waals surface area contributed by atoms with Crippen LogP contribution in [0.2, 0.25) is 0 Å². The van der Waals surface area contributed by atoms with E-state index in [1.54, 1.807) is 7.11 Å². The zero-order chi connectivity index (χ0) is 22.6. The number of benzene rings is 3. The van der Waals surface area contributed by atoms with Crippen LogP contribution in [-0.2, 0) is 4.79 Å². The van der Waals surface area contributed by atoms with Gasteiger partial charge in [-0.2, -0.15) is 4.98 Å². The molecule has 168 valence electrons. The van der Waals surface area contributed by atoms with E-state index in [-0.39, 0.29) is 17.9 Å². The molecule has 1 N–H and O–H groups in total. The number of oxazole rings is 1. The number of aromatic nitrogens is 1. The number of methoxy groups -OCH3 is 1. The van der Waals surface area contributed by atoms with E-state index in [0.29, 0.717) is 6.01 Å². The highest BCUT2D eigenvalue weighted by atomic mass is 16.5. The molecule has 0 radical (unpaired) electrons. The number of nitrogens with zero attached hydrogens (tertiary/aromatic N) is 2. The average molecular weight is 442 g/mol. The summed E-state index contributed by atoms with van der Waals surface area (Å²) < 4.78 is 11.2. The van der Waals surface area contributed by atoms with Crippen LogP contribution in [0.3, 0.4) is 0 Å². The van der Waals surface area contributed by atoms with E-state index in [1.165, 1.54) is 0 Å². The van der Waals surface area contributed by atoms with Crippen LogP contribution in [-0.4, -0.2) is 31.1 Å². The van der Waals surface area contributed by atoms with E-state index in [1.807, 2.05) is 78.9 Å². The molecule has 1 amide bonds. The van der Waals surface area contributed by atoms with Crippen LogP contribution < -0.4 is 15.0 Å². The second kappa shape index (κ2) is 9.36. The van der Waals surface area contributed by atoms with Crippen LogP contribution in [0.15, 0.2) is 83.3 Å². The Morgan fingerprint density at radius 3 is 2.33 bits per heavy atom. The number of amides is 1. The molecular weight excluding hydrogens is 414 g/mol. The fourth-order valence-corrected chi connectivity index (χ4v) is 4.39. The van der Waals surface area contributed by atoms with Gasteiger partial charge in [0.15, 0.2) is 5.58 Å². The Hall–Kier alpha value is -3.80. The maximum absolute atomic E-state index is 13.3. The summed E-state index contributed by atoms with van der Waals surface area (Å²) in [5, 5.41) is 3.30. The first-order valence-electron chi connectivity index (χ1n) is 11.3. The van der Waals surface area contributed by atoms with Crippen molar-refractivity contribution in [2.45, 2.75) is 18.9 Å². The van der Waals surface area contributed by atoms with Crippen LogP contribution in [0, 0.1) is 5.92 Å². The van der Waals surface area contributed by atoms with Gasteiger partial charge in [0, 0.05) is 19.0 Å². The first kappa shape index (κ1) is 21.1. The molecule has 1 aromatic heterocycles. The fourth-order valence-electron chi connectivity index (χ4n) is 4.39. The lowest BCUT2D eigenvalue weighted by Gasteiger charge is -2.31. The number of carbonyl (C=O) groups is 1. The largest absolute Gasteiger partial charge is 0.497 e. The summed E-state index contributed by atoms with van der Waals surface area (Å²) in [6, 6.07) is 26.1. The van der Waals surface area contributed by atoms with Gasteiger partial charge in [-0.05, 0) is 48.2 Å². The molecule has 3 aromatic carbocycles. The quantitative estimate of drug-likeness (QED) is 0.458. The van der Waals surface area contributed by atoms with E-state index >= 15 is 0 Å². The predicted octanol–water partition coefficient (Wildman–Crippen LogP) is 4.96. The molecular formula is C27H27N3O3. The molecule has 1 atom stereocenters. The molecule has 0 bridgehead atoms. The Labute approximate surface area is 193 Å². The normalized spacial score (nSPS) is 15.4. The summed E-state index contributed by atoms with van der Waals surface area (Å²) in [5.74, 6) is 0.829. The third-order valence-corrected chi connectivity index (χ3v) is 6.29. The monoisotopic (exact) mass is 441 g/mol. The van der Waals surface area contributed by atoms with Crippen LogP contribution in [0.25, 0.3) is 11.1 Å². The third-order valence-electron chi connectivity index (χ3n) is 6.29. The number of hydrogen-bond acceptors (Lipinski definition) is 5. The first-order chi connectivity index (χ1) is 16.2. The molecule has 4 aromatic rings. The van der Waals surface area contributed by atoms with Crippen molar-refractivity contribution in [2.24, 2.45) is 5.92 Å². The highest BCUT2D eigenvalue weighted by Crippen LogP contribution is 2.28. The lowest BCUT2D eigenvalue weighted by molar-refractivity contribution is -0.126. The van der Waals surface area contributed by atoms with Crippen molar-refractivity contribution in [1.29, 1.82) is 0 Å². The smallest absolute Gasteiger partial charge is 0.298 e. The Morgan fingerprint density at radius 2 is 1.64 bits per heavy atom. The molecule has 1 fully saturated rings. The van der Waals surface area contributed by atoms with Gasteiger partial charge in [0.2, 0.25) is 5.91 Å². The zero-order valence-electron chi connectivity index (χ0n) is 18.6. The van der Waals surface area contributed by atoms with Crippen molar-refractivity contribution in [3.05, 3.63) is 90.0 Å². The maximum Gasteiger partial charge on any atom is 0.298 e. The number of fused-ring (bicyclic) bond motifs is 1. The first-order valence-corrected chi connectivity index (χ1v) is 11.3. The minimum Gasteiger partial charge on any atom is -0.497 e. The maximum atomic E-state index is 13.3. The number of anilines is 1. The second-order valence-electron chi connectivity index (χ2n) is 8.35. The molecule has 5 rings (SSSR count). The summed E-state index contributed by atoms with van der Waals surface area (Å²) in [4.78, 5) is 20.0. The van der Waals surface area contributed by atoms with Crippen LogP contribution >= 0.6 is 0 Å². The van der Waals surface area contributed by atoms with Gasteiger partial charge in [-0.1, -0.05) is 54.6 Å². The number of nitrogens with one attached hydrogen (secondary N) is 1. The number of carbonyl (C=O) groups excluding carboxylic acids is 1. The van der Waals surface area contributed by atoms with Crippen molar-refractivity contribution in [3.63, 3.8) is 0 Å². The Kier molecular flexibility index (Phi) is 5.98. The minimum absolute atomic E-state index is 0.0462. The van der Waals surface area contributed by atoms with Crippen molar-refractivity contribution in [3.8, 4) is 5.75 Å². The van der Waals surface area contributed by atoms with E-state index < -0.39 is 0 Å². The molecule has 6 heteroatoms. The number of ether oxygens (including phenoxy) is 1. The van der Waals surface area contributed by atoms with Crippen LogP contribution in [0.4, 0.5) is 6.01 Å². The van der Waals surface area contributed by atoms with Crippen molar-refractivity contribution in [2.75, 3.05) is 25.1 Å². The summed E-state index contributed by atoms with van der Waals surface area (Å²) in [6.45, 7) is 1.48. The topological polar surface area (TPSA) is 67.6 Å². The summed E-state index contributed by atoms with van der Waals surface area (Å²) >= 11 is 0. The number of piperidine rings is 1. The van der Waals surface area contributed by atoms with Crippen molar-refractivity contribution in [1.82, 2.24) is 10.3 Å². The fraction of sp³-hybridized carbons (Fsp3) is 0.259. The molecule has 0 aliphatic carbocycles. The zero-order valence-corrected chi connectivity index (χ0v) is 18.6. The van der Waals surface area contributed by atoms with Gasteiger partial charge < -0.3 is 19.4 Å². The van der Waals surface area contributed by atoms with Crippen LogP contribution in [0.1, 0.15) is 30.0 Å². The van der Waals surface area contributed by atoms with Gasteiger partial charge in [-0.3, -0.25) is 4.79 Å². The van der Waals surface area contributed by atoms with Crippen molar-refractivity contribution >= 4 is 23.0 Å². The summed E-state index contributed by atoms with van der Waals surface area (Å²) in [6.07, 6.45) is 1.52. The third kappa shape index (κ3) is 4.55. The van der Waals surface area contributed by atoms with Crippen molar-refractivity contribution < 1.29 is 13.9 Å². The van der Waals surface area contributed by atoms with Gasteiger partial charge in [0.25, 0.3) is 6.01 Å². The lowest BCUT2D eigenvalue weighted by Crippen LogP contribution is -2.42. The molecule has 1 saturated heterocycles. The summed E-state index contributed by atoms with van der Waals surface area (Å²) in [5.41, 5.74) is 3.73. The van der Waals surface area contributed by atoms with Gasteiger partial charge in [-0.25, -0.2) is 0 Å². The number of hydrogen-bond donors (Lipinski definition) is 1. The summed E-state index contributed by atoms with van der Waals surface area (Å²) in [7, 11) is 1.65. The molecule has 0 spiro atoms. The minimum atomic E-state index is -0.209. The molecule has 1 aliphatic rings. The average Bonchev–Trinajstić information content (AvgIpc) is 3.32. The molecule has 1 aliphatic heterocycles. The number of rotatable bonds is 6. The number of para-hydroxylation sites is 2. The Balaban J connectivity index is 1.27. The van der Waals surface area contributed by atoms with Gasteiger partial charge in [-0.15, -0.1) is 0 Å². The van der Waals surface area contributed by atoms with Gasteiger partial charge >= 0.3 is 0 Å². The van der Waals surface area contributed by atoms with E-state index in [4.69, 9.17) is 9.15 Å². The van der Waals surface area contributed by atoms with E-state index in [9.17, 15) is 4.79 Å². The Morgan fingerprint density at radius 1 is 0.970 bits per heavy atom. The Bertz CT molecular complexity index is 1180. The second-order valence-corrected chi connectivity index (χ2v) is 8.35. The van der Waals surface area contributed by atoms with E-state index in [2.05, 4.69) is 15.2 Å². The van der Waals surface area contributed by atoms with Crippen LogP contribution in [0.5, 0.6) is 5.75 Å². The molecule has 2 heterocycles. The molecule has 0 saturated carbocycles. The molecule has 1 unspecified atom stereocenters. The highest BCUT2D eigenvalue weighted by molar-refractivity contribution is 5.80. The van der Waals surface area contributed by atoms with E-state index in [0.717, 1.165) is 53.9 Å². The predicted molar refractivity (Wildman–Crippen MR) is 128 cm³/mol. The standard InChI is InChI=1S/C27H27N3O3/c1-32-22-13-11-20(12-14-22)25(19-7-3-2-4-8-19)29-26(31)21-15-17-30(18-16-21)27-28-23-9-5-6-10-24(23)33-27/h2-14,21,25H,15-18H2,1H3,(H,29,31).